The Morgan fingerprint density at radius 2 is 2.08 bits per heavy atom. The van der Waals surface area contributed by atoms with Crippen molar-refractivity contribution in [2.24, 2.45) is 5.92 Å². The number of carbonyl (C=O) groups is 2. The molecule has 0 radical (unpaired) electrons. The highest BCUT2D eigenvalue weighted by Gasteiger charge is 2.38. The molecule has 1 saturated heterocycles. The number of carboxylic acids is 1. The second-order valence-corrected chi connectivity index (χ2v) is 3.85. The number of hydrogen-bond donors (Lipinski definition) is 1. The SMILES string of the molecule is O=C(O)[C@@H]1CCC(=O)N(C2CC2)C1. The van der Waals surface area contributed by atoms with Crippen molar-refractivity contribution in [1.29, 1.82) is 0 Å². The van der Waals surface area contributed by atoms with Crippen molar-refractivity contribution in [2.75, 3.05) is 6.54 Å². The Kier molecular flexibility index (Phi) is 1.98. The van der Waals surface area contributed by atoms with Crippen LogP contribution in [0.2, 0.25) is 0 Å². The summed E-state index contributed by atoms with van der Waals surface area (Å²) < 4.78 is 0. The van der Waals surface area contributed by atoms with E-state index in [4.69, 9.17) is 5.11 Å². The number of amides is 1. The molecule has 1 N–H and O–H groups in total. The van der Waals surface area contributed by atoms with Gasteiger partial charge in [-0.05, 0) is 19.3 Å². The van der Waals surface area contributed by atoms with Gasteiger partial charge in [0, 0.05) is 19.0 Å². The lowest BCUT2D eigenvalue weighted by Crippen LogP contribution is -2.43. The van der Waals surface area contributed by atoms with Gasteiger partial charge in [0.15, 0.2) is 0 Å². The average molecular weight is 183 g/mol. The van der Waals surface area contributed by atoms with Crippen molar-refractivity contribution < 1.29 is 14.7 Å². The van der Waals surface area contributed by atoms with E-state index in [1.165, 1.54) is 0 Å². The quantitative estimate of drug-likeness (QED) is 0.677. The van der Waals surface area contributed by atoms with Gasteiger partial charge in [0.2, 0.25) is 5.91 Å². The van der Waals surface area contributed by atoms with Gasteiger partial charge in [-0.1, -0.05) is 0 Å². The second-order valence-electron chi connectivity index (χ2n) is 3.85. The Bertz CT molecular complexity index is 247. The minimum Gasteiger partial charge on any atom is -0.481 e. The molecular formula is C9H13NO3. The number of hydrogen-bond acceptors (Lipinski definition) is 2. The fourth-order valence-electron chi connectivity index (χ4n) is 1.81. The monoisotopic (exact) mass is 183 g/mol. The van der Waals surface area contributed by atoms with Crippen LogP contribution in [0.5, 0.6) is 0 Å². The van der Waals surface area contributed by atoms with E-state index < -0.39 is 5.97 Å². The highest BCUT2D eigenvalue weighted by Crippen LogP contribution is 2.31. The Labute approximate surface area is 76.5 Å². The third kappa shape index (κ3) is 1.66. The zero-order chi connectivity index (χ0) is 9.42. The third-order valence-corrected chi connectivity index (χ3v) is 2.78. The van der Waals surface area contributed by atoms with E-state index >= 15 is 0 Å². The molecule has 0 bridgehead atoms. The largest absolute Gasteiger partial charge is 0.481 e. The zero-order valence-electron chi connectivity index (χ0n) is 7.40. The maximum absolute atomic E-state index is 11.4. The summed E-state index contributed by atoms with van der Waals surface area (Å²) in [7, 11) is 0. The van der Waals surface area contributed by atoms with Gasteiger partial charge in [-0.15, -0.1) is 0 Å². The molecular weight excluding hydrogens is 170 g/mol. The smallest absolute Gasteiger partial charge is 0.308 e. The summed E-state index contributed by atoms with van der Waals surface area (Å²) in [6.45, 7) is 0.429. The van der Waals surface area contributed by atoms with E-state index in [1.807, 2.05) is 0 Å². The molecule has 2 aliphatic rings. The number of nitrogens with zero attached hydrogens (tertiary/aromatic N) is 1. The number of aliphatic carboxylic acids is 1. The van der Waals surface area contributed by atoms with Gasteiger partial charge in [0.05, 0.1) is 5.92 Å². The van der Waals surface area contributed by atoms with Crippen molar-refractivity contribution >= 4 is 11.9 Å². The van der Waals surface area contributed by atoms with Crippen LogP contribution in [0.15, 0.2) is 0 Å². The molecule has 1 amide bonds. The van der Waals surface area contributed by atoms with Crippen LogP contribution in [-0.4, -0.2) is 34.5 Å². The van der Waals surface area contributed by atoms with Gasteiger partial charge >= 0.3 is 5.97 Å². The fraction of sp³-hybridized carbons (Fsp3) is 0.778. The molecule has 4 nitrogen and oxygen atoms in total. The van der Waals surface area contributed by atoms with Crippen molar-refractivity contribution in [3.8, 4) is 0 Å². The van der Waals surface area contributed by atoms with Gasteiger partial charge in [-0.2, -0.15) is 0 Å². The van der Waals surface area contributed by atoms with E-state index in [1.54, 1.807) is 4.90 Å². The molecule has 2 fully saturated rings. The first-order valence-corrected chi connectivity index (χ1v) is 4.71. The summed E-state index contributed by atoms with van der Waals surface area (Å²) in [4.78, 5) is 23.8. The molecule has 72 valence electrons. The first-order valence-electron chi connectivity index (χ1n) is 4.71. The summed E-state index contributed by atoms with van der Waals surface area (Å²) >= 11 is 0. The molecule has 1 atom stereocenters. The van der Waals surface area contributed by atoms with Crippen molar-refractivity contribution in [3.63, 3.8) is 0 Å². The number of rotatable bonds is 2. The van der Waals surface area contributed by atoms with Gasteiger partial charge in [-0.3, -0.25) is 9.59 Å². The molecule has 0 aromatic carbocycles. The molecule has 2 rings (SSSR count). The maximum Gasteiger partial charge on any atom is 0.308 e. The predicted molar refractivity (Wildman–Crippen MR) is 45.1 cm³/mol. The van der Waals surface area contributed by atoms with Crippen LogP contribution in [-0.2, 0) is 9.59 Å². The van der Waals surface area contributed by atoms with E-state index in [0.29, 0.717) is 25.4 Å². The van der Waals surface area contributed by atoms with Gasteiger partial charge in [0.1, 0.15) is 0 Å². The summed E-state index contributed by atoms with van der Waals surface area (Å²) in [5.41, 5.74) is 0. The first-order chi connectivity index (χ1) is 6.18. The molecule has 0 spiro atoms. The van der Waals surface area contributed by atoms with Gasteiger partial charge in [0.25, 0.3) is 0 Å². The summed E-state index contributed by atoms with van der Waals surface area (Å²) in [5.74, 6) is -0.962. The number of carboxylic acid groups (broad SMARTS) is 1. The molecule has 1 aliphatic heterocycles. The molecule has 0 unspecified atom stereocenters. The van der Waals surface area contributed by atoms with Crippen molar-refractivity contribution in [2.45, 2.75) is 31.7 Å². The molecule has 4 heteroatoms. The highest BCUT2D eigenvalue weighted by atomic mass is 16.4. The van der Waals surface area contributed by atoms with Crippen LogP contribution in [0.4, 0.5) is 0 Å². The molecule has 1 saturated carbocycles. The molecule has 1 heterocycles. The van der Waals surface area contributed by atoms with Crippen LogP contribution < -0.4 is 0 Å². The van der Waals surface area contributed by atoms with E-state index in [-0.39, 0.29) is 11.8 Å². The van der Waals surface area contributed by atoms with Crippen molar-refractivity contribution in [3.05, 3.63) is 0 Å². The Morgan fingerprint density at radius 3 is 2.62 bits per heavy atom. The Morgan fingerprint density at radius 1 is 1.38 bits per heavy atom. The molecule has 1 aliphatic carbocycles. The van der Waals surface area contributed by atoms with Crippen LogP contribution in [0, 0.1) is 5.92 Å². The first kappa shape index (κ1) is 8.53. The predicted octanol–water partition coefficient (Wildman–Crippen LogP) is 0.472. The molecule has 0 aromatic heterocycles. The van der Waals surface area contributed by atoms with E-state index in [9.17, 15) is 9.59 Å². The Hall–Kier alpha value is -1.06. The lowest BCUT2D eigenvalue weighted by atomic mass is 9.98. The van der Waals surface area contributed by atoms with Crippen LogP contribution >= 0.6 is 0 Å². The summed E-state index contributed by atoms with van der Waals surface area (Å²) in [6, 6.07) is 0.356. The van der Waals surface area contributed by atoms with Crippen molar-refractivity contribution in [1.82, 2.24) is 4.90 Å². The van der Waals surface area contributed by atoms with Crippen LogP contribution in [0.1, 0.15) is 25.7 Å². The normalized spacial score (nSPS) is 29.1. The van der Waals surface area contributed by atoms with Gasteiger partial charge < -0.3 is 10.0 Å². The fourth-order valence-corrected chi connectivity index (χ4v) is 1.81. The average Bonchev–Trinajstić information content (AvgIpc) is 2.87. The van der Waals surface area contributed by atoms with Gasteiger partial charge in [-0.25, -0.2) is 0 Å². The minimum absolute atomic E-state index is 0.139. The summed E-state index contributed by atoms with van der Waals surface area (Å²) in [5, 5.41) is 8.81. The lowest BCUT2D eigenvalue weighted by molar-refractivity contribution is -0.147. The lowest BCUT2D eigenvalue weighted by Gasteiger charge is -2.30. The molecule has 13 heavy (non-hydrogen) atoms. The van der Waals surface area contributed by atoms with E-state index in [2.05, 4.69) is 0 Å². The molecule has 0 aromatic rings. The second kappa shape index (κ2) is 3.01. The highest BCUT2D eigenvalue weighted by molar-refractivity contribution is 5.81. The topological polar surface area (TPSA) is 57.6 Å². The van der Waals surface area contributed by atoms with Crippen LogP contribution in [0.3, 0.4) is 0 Å². The number of piperidine rings is 1. The minimum atomic E-state index is -0.766. The zero-order valence-corrected chi connectivity index (χ0v) is 7.40. The van der Waals surface area contributed by atoms with Crippen LogP contribution in [0.25, 0.3) is 0 Å². The number of carbonyl (C=O) groups excluding carboxylic acids is 1. The summed E-state index contributed by atoms with van der Waals surface area (Å²) in [6.07, 6.45) is 3.03. The maximum atomic E-state index is 11.4. The standard InChI is InChI=1S/C9H13NO3/c11-8-4-1-6(9(12)13)5-10(8)7-2-3-7/h6-7H,1-5H2,(H,12,13)/t6-/m1/s1. The third-order valence-electron chi connectivity index (χ3n) is 2.78. The Balaban J connectivity index is 2.00. The number of likely N-dealkylation sites (tertiary alicyclic amines) is 1. The van der Waals surface area contributed by atoms with E-state index in [0.717, 1.165) is 12.8 Å².